The molecule has 0 unspecified atom stereocenters. The normalized spacial score (nSPS) is 15.4. The first kappa shape index (κ1) is 16.9. The van der Waals surface area contributed by atoms with Crippen LogP contribution in [0.1, 0.15) is 24.2 Å². The molecule has 0 radical (unpaired) electrons. The molecule has 0 saturated carbocycles. The molecule has 5 nitrogen and oxygen atoms in total. The summed E-state index contributed by atoms with van der Waals surface area (Å²) in [5, 5.41) is 5.15. The van der Waals surface area contributed by atoms with E-state index in [2.05, 4.69) is 10.6 Å². The highest BCUT2D eigenvalue weighted by molar-refractivity contribution is 6.05. The van der Waals surface area contributed by atoms with E-state index in [0.29, 0.717) is 11.4 Å². The van der Waals surface area contributed by atoms with Crippen LogP contribution in [0.3, 0.4) is 0 Å². The Kier molecular flexibility index (Phi) is 4.16. The third kappa shape index (κ3) is 3.31. The fourth-order valence-electron chi connectivity index (χ4n) is 2.35. The van der Waals surface area contributed by atoms with Crippen LogP contribution in [0.15, 0.2) is 36.4 Å². The Morgan fingerprint density at radius 2 is 1.88 bits per heavy atom. The molecule has 7 heteroatoms. The maximum atomic E-state index is 13.7. The zero-order valence-corrected chi connectivity index (χ0v) is 13.7. The molecule has 0 bridgehead atoms. The van der Waals surface area contributed by atoms with E-state index in [4.69, 9.17) is 4.74 Å². The average molecular weight is 346 g/mol. The first-order chi connectivity index (χ1) is 11.8. The quantitative estimate of drug-likeness (QED) is 0.873. The van der Waals surface area contributed by atoms with Crippen LogP contribution in [0.4, 0.5) is 20.2 Å². The van der Waals surface area contributed by atoms with Crippen LogP contribution >= 0.6 is 0 Å². The molecule has 130 valence electrons. The predicted molar refractivity (Wildman–Crippen MR) is 88.7 cm³/mol. The summed E-state index contributed by atoms with van der Waals surface area (Å²) >= 11 is 0. The topological polar surface area (TPSA) is 67.4 Å². The van der Waals surface area contributed by atoms with Crippen LogP contribution in [-0.2, 0) is 4.79 Å². The van der Waals surface area contributed by atoms with Gasteiger partial charge in [0, 0.05) is 5.69 Å². The molecule has 2 aromatic carbocycles. The maximum absolute atomic E-state index is 13.7. The van der Waals surface area contributed by atoms with E-state index < -0.39 is 28.5 Å². The fourth-order valence-corrected chi connectivity index (χ4v) is 2.35. The monoisotopic (exact) mass is 346 g/mol. The molecule has 3 rings (SSSR count). The summed E-state index contributed by atoms with van der Waals surface area (Å²) in [4.78, 5) is 24.3. The lowest BCUT2D eigenvalue weighted by Gasteiger charge is -2.18. The summed E-state index contributed by atoms with van der Waals surface area (Å²) in [6, 6.07) is 7.77. The van der Waals surface area contributed by atoms with Gasteiger partial charge in [0.15, 0.2) is 0 Å². The second-order valence-corrected chi connectivity index (χ2v) is 6.39. The van der Waals surface area contributed by atoms with Crippen LogP contribution in [0.25, 0.3) is 0 Å². The largest absolute Gasteiger partial charge is 0.490 e. The lowest BCUT2D eigenvalue weighted by molar-refractivity contribution is -0.124. The molecule has 0 saturated heterocycles. The number of anilines is 2. The van der Waals surface area contributed by atoms with Gasteiger partial charge in [0.25, 0.3) is 5.91 Å². The molecular formula is C18H16F2N2O3. The second kappa shape index (κ2) is 6.16. The molecule has 1 aliphatic heterocycles. The maximum Gasteiger partial charge on any atom is 0.261 e. The van der Waals surface area contributed by atoms with Crippen LogP contribution in [0.2, 0.25) is 0 Å². The van der Waals surface area contributed by atoms with Gasteiger partial charge in [-0.25, -0.2) is 8.78 Å². The smallest absolute Gasteiger partial charge is 0.261 e. The van der Waals surface area contributed by atoms with Crippen molar-refractivity contribution in [3.63, 3.8) is 0 Å². The van der Waals surface area contributed by atoms with Crippen molar-refractivity contribution in [1.29, 1.82) is 0 Å². The van der Waals surface area contributed by atoms with Crippen molar-refractivity contribution in [3.8, 4) is 5.75 Å². The van der Waals surface area contributed by atoms with Crippen LogP contribution in [0, 0.1) is 17.0 Å². The molecule has 25 heavy (non-hydrogen) atoms. The van der Waals surface area contributed by atoms with E-state index in [9.17, 15) is 18.4 Å². The molecule has 0 atom stereocenters. The van der Waals surface area contributed by atoms with E-state index in [1.165, 1.54) is 18.2 Å². The zero-order chi connectivity index (χ0) is 18.2. The van der Waals surface area contributed by atoms with E-state index in [-0.39, 0.29) is 18.2 Å². The van der Waals surface area contributed by atoms with Crippen LogP contribution in [-0.4, -0.2) is 18.4 Å². The summed E-state index contributed by atoms with van der Waals surface area (Å²) in [5.41, 5.74) is -0.727. The van der Waals surface area contributed by atoms with Gasteiger partial charge >= 0.3 is 0 Å². The molecule has 2 amide bonds. The number of benzene rings is 2. The lowest BCUT2D eigenvalue weighted by Crippen LogP contribution is -2.33. The van der Waals surface area contributed by atoms with Crippen molar-refractivity contribution >= 4 is 23.2 Å². The van der Waals surface area contributed by atoms with Crippen molar-refractivity contribution in [2.75, 3.05) is 17.2 Å². The molecule has 0 aliphatic carbocycles. The van der Waals surface area contributed by atoms with Crippen LogP contribution in [0.5, 0.6) is 5.75 Å². The SMILES string of the molecule is CC1(C)COc2ccc(NC(=O)c3c(F)cccc3F)cc2NC1=O. The van der Waals surface area contributed by atoms with Gasteiger partial charge in [-0.2, -0.15) is 0 Å². The first-order valence-corrected chi connectivity index (χ1v) is 7.61. The van der Waals surface area contributed by atoms with Gasteiger partial charge in [0.05, 0.1) is 11.1 Å². The third-order valence-corrected chi connectivity index (χ3v) is 3.88. The number of carbonyl (C=O) groups excluding carboxylic acids is 2. The van der Waals surface area contributed by atoms with E-state index in [1.807, 2.05) is 0 Å². The highest BCUT2D eigenvalue weighted by Crippen LogP contribution is 2.34. The molecule has 2 N–H and O–H groups in total. The van der Waals surface area contributed by atoms with E-state index >= 15 is 0 Å². The summed E-state index contributed by atoms with van der Waals surface area (Å²) in [5.74, 6) is -2.60. The lowest BCUT2D eigenvalue weighted by atomic mass is 9.94. The Labute approximate surface area is 143 Å². The van der Waals surface area contributed by atoms with Crippen molar-refractivity contribution < 1.29 is 23.1 Å². The number of fused-ring (bicyclic) bond motifs is 1. The minimum atomic E-state index is -0.953. The second-order valence-electron chi connectivity index (χ2n) is 6.39. The summed E-state index contributed by atoms with van der Waals surface area (Å²) in [7, 11) is 0. The van der Waals surface area contributed by atoms with E-state index in [0.717, 1.165) is 12.1 Å². The van der Waals surface area contributed by atoms with Gasteiger partial charge in [0.2, 0.25) is 5.91 Å². The van der Waals surface area contributed by atoms with Crippen molar-refractivity contribution in [2.45, 2.75) is 13.8 Å². The summed E-state index contributed by atoms with van der Waals surface area (Å²) in [6.07, 6.45) is 0. The van der Waals surface area contributed by atoms with Gasteiger partial charge in [-0.15, -0.1) is 0 Å². The molecule has 0 spiro atoms. The Bertz CT molecular complexity index is 845. The van der Waals surface area contributed by atoms with Crippen molar-refractivity contribution in [3.05, 3.63) is 53.6 Å². The number of ether oxygens (including phenoxy) is 1. The Balaban J connectivity index is 1.86. The average Bonchev–Trinajstić information content (AvgIpc) is 2.64. The summed E-state index contributed by atoms with van der Waals surface area (Å²) in [6.45, 7) is 3.70. The number of hydrogen-bond acceptors (Lipinski definition) is 3. The number of halogens is 2. The third-order valence-electron chi connectivity index (χ3n) is 3.88. The van der Waals surface area contributed by atoms with Gasteiger partial charge < -0.3 is 15.4 Å². The molecule has 0 fully saturated rings. The van der Waals surface area contributed by atoms with Gasteiger partial charge in [0.1, 0.15) is 29.6 Å². The molecule has 2 aromatic rings. The zero-order valence-electron chi connectivity index (χ0n) is 13.7. The first-order valence-electron chi connectivity index (χ1n) is 7.61. The Morgan fingerprint density at radius 1 is 1.20 bits per heavy atom. The molecule has 1 heterocycles. The standard InChI is InChI=1S/C18H16F2N2O3/c1-18(2)9-25-14-7-6-10(8-13(14)22-17(18)24)21-16(23)15-11(19)4-3-5-12(15)20/h3-8H,9H2,1-2H3,(H,21,23)(H,22,24). The highest BCUT2D eigenvalue weighted by atomic mass is 19.1. The Morgan fingerprint density at radius 3 is 2.56 bits per heavy atom. The molecule has 0 aromatic heterocycles. The fraction of sp³-hybridized carbons (Fsp3) is 0.222. The highest BCUT2D eigenvalue weighted by Gasteiger charge is 2.32. The Hall–Kier alpha value is -2.96. The van der Waals surface area contributed by atoms with Gasteiger partial charge in [-0.1, -0.05) is 6.07 Å². The van der Waals surface area contributed by atoms with Gasteiger partial charge in [-0.3, -0.25) is 9.59 Å². The number of amides is 2. The number of nitrogens with one attached hydrogen (secondary N) is 2. The number of hydrogen-bond donors (Lipinski definition) is 2. The number of rotatable bonds is 2. The minimum absolute atomic E-state index is 0.206. The number of carbonyl (C=O) groups is 2. The summed E-state index contributed by atoms with van der Waals surface area (Å²) < 4.78 is 33.0. The van der Waals surface area contributed by atoms with Crippen molar-refractivity contribution in [1.82, 2.24) is 0 Å². The minimum Gasteiger partial charge on any atom is -0.490 e. The van der Waals surface area contributed by atoms with E-state index in [1.54, 1.807) is 19.9 Å². The van der Waals surface area contributed by atoms with Gasteiger partial charge in [-0.05, 0) is 44.2 Å². The van der Waals surface area contributed by atoms with Crippen molar-refractivity contribution in [2.24, 2.45) is 5.41 Å². The van der Waals surface area contributed by atoms with Crippen LogP contribution < -0.4 is 15.4 Å². The predicted octanol–water partition coefficient (Wildman–Crippen LogP) is 3.57. The molecular weight excluding hydrogens is 330 g/mol. The molecule has 1 aliphatic rings.